The maximum atomic E-state index is 5.69. The van der Waals surface area contributed by atoms with Crippen molar-refractivity contribution in [3.8, 4) is 0 Å². The van der Waals surface area contributed by atoms with Crippen LogP contribution in [0, 0.1) is 6.92 Å². The highest BCUT2D eigenvalue weighted by Crippen LogP contribution is 1.95. The summed E-state index contributed by atoms with van der Waals surface area (Å²) in [4.78, 5) is 0. The summed E-state index contributed by atoms with van der Waals surface area (Å²) in [5.41, 5.74) is 6.91. The minimum absolute atomic E-state index is 0. The molecule has 1 rings (SSSR count). The first kappa shape index (κ1) is 10.7. The van der Waals surface area contributed by atoms with Gasteiger partial charge in [0, 0.05) is 6.07 Å². The molecule has 0 saturated carbocycles. The Morgan fingerprint density at radius 1 is 1.45 bits per heavy atom. The lowest BCUT2D eigenvalue weighted by atomic mass is 10.3. The molecule has 0 unspecified atom stereocenters. The van der Waals surface area contributed by atoms with Crippen LogP contribution in [0.5, 0.6) is 0 Å². The molecule has 0 amide bonds. The number of aromatic nitrogens is 1. The monoisotopic (exact) mass is 264 g/mol. The highest BCUT2D eigenvalue weighted by Gasteiger charge is 2.02. The van der Waals surface area contributed by atoms with Crippen molar-refractivity contribution in [2.24, 2.45) is 0 Å². The number of nitrogens with zero attached hydrogens (tertiary/aromatic N) is 1. The summed E-state index contributed by atoms with van der Waals surface area (Å²) in [5, 5.41) is 0. The Kier molecular flexibility index (Phi) is 4.40. The number of hydrogen-bond donors (Lipinski definition) is 1. The van der Waals surface area contributed by atoms with Gasteiger partial charge in [0.2, 0.25) is 0 Å². The van der Waals surface area contributed by atoms with Crippen molar-refractivity contribution < 1.29 is 28.5 Å². The van der Waals surface area contributed by atoms with Crippen LogP contribution in [0.2, 0.25) is 0 Å². The van der Waals surface area contributed by atoms with Gasteiger partial charge in [-0.15, -0.1) is 0 Å². The molecule has 0 spiro atoms. The van der Waals surface area contributed by atoms with E-state index in [0.29, 0.717) is 0 Å². The first-order chi connectivity index (χ1) is 4.75. The van der Waals surface area contributed by atoms with Crippen molar-refractivity contribution in [2.75, 3.05) is 5.73 Å². The maximum Gasteiger partial charge on any atom is 0.272 e. The number of rotatable bonds is 1. The minimum atomic E-state index is 0. The molecule has 0 aliphatic heterocycles. The van der Waals surface area contributed by atoms with Crippen LogP contribution < -0.4 is 34.3 Å². The number of hydrogen-bond acceptors (Lipinski definition) is 1. The van der Waals surface area contributed by atoms with Crippen molar-refractivity contribution in [3.05, 3.63) is 23.9 Å². The Morgan fingerprint density at radius 3 is 2.45 bits per heavy atom. The molecule has 2 nitrogen and oxygen atoms in total. The molecule has 0 fully saturated rings. The molecular formula is C8H13IN2. The van der Waals surface area contributed by atoms with Gasteiger partial charge in [0.05, 0.1) is 6.54 Å². The number of nitrogen functional groups attached to an aromatic ring is 1. The van der Waals surface area contributed by atoms with Crippen LogP contribution in [0.25, 0.3) is 0 Å². The molecular weight excluding hydrogens is 251 g/mol. The lowest BCUT2D eigenvalue weighted by molar-refractivity contribution is -0.685. The SMILES string of the molecule is CC[n+]1c(C)cccc1N.[I-]. The topological polar surface area (TPSA) is 29.9 Å². The summed E-state index contributed by atoms with van der Waals surface area (Å²) in [7, 11) is 0. The molecule has 2 N–H and O–H groups in total. The van der Waals surface area contributed by atoms with E-state index < -0.39 is 0 Å². The molecule has 0 atom stereocenters. The van der Waals surface area contributed by atoms with E-state index in [9.17, 15) is 0 Å². The molecule has 1 aromatic heterocycles. The molecule has 3 heteroatoms. The second-order valence-corrected chi connectivity index (χ2v) is 2.34. The van der Waals surface area contributed by atoms with Crippen LogP contribution in [-0.2, 0) is 6.54 Å². The molecule has 0 aliphatic carbocycles. The van der Waals surface area contributed by atoms with Crippen LogP contribution in [0.3, 0.4) is 0 Å². The largest absolute Gasteiger partial charge is 1.00 e. The number of halogens is 1. The van der Waals surface area contributed by atoms with Gasteiger partial charge in [0.1, 0.15) is 5.69 Å². The van der Waals surface area contributed by atoms with Gasteiger partial charge in [-0.2, -0.15) is 0 Å². The van der Waals surface area contributed by atoms with E-state index in [1.807, 2.05) is 12.1 Å². The first-order valence-electron chi connectivity index (χ1n) is 3.50. The Hall–Kier alpha value is -0.320. The highest BCUT2D eigenvalue weighted by atomic mass is 127. The molecule has 11 heavy (non-hydrogen) atoms. The molecule has 0 saturated heterocycles. The van der Waals surface area contributed by atoms with Crippen LogP contribution in [0.15, 0.2) is 18.2 Å². The van der Waals surface area contributed by atoms with Crippen LogP contribution in [0.4, 0.5) is 5.82 Å². The molecule has 62 valence electrons. The average molecular weight is 264 g/mol. The van der Waals surface area contributed by atoms with Crippen molar-refractivity contribution in [1.82, 2.24) is 0 Å². The van der Waals surface area contributed by atoms with Crippen molar-refractivity contribution in [1.29, 1.82) is 0 Å². The van der Waals surface area contributed by atoms with Gasteiger partial charge in [-0.3, -0.25) is 5.73 Å². The van der Waals surface area contributed by atoms with Gasteiger partial charge in [0.25, 0.3) is 5.82 Å². The quantitative estimate of drug-likeness (QED) is 0.456. The van der Waals surface area contributed by atoms with Crippen LogP contribution in [0.1, 0.15) is 12.6 Å². The van der Waals surface area contributed by atoms with E-state index in [4.69, 9.17) is 5.73 Å². The molecule has 0 aliphatic rings. The van der Waals surface area contributed by atoms with Crippen molar-refractivity contribution in [2.45, 2.75) is 20.4 Å². The zero-order chi connectivity index (χ0) is 7.56. The lowest BCUT2D eigenvalue weighted by Gasteiger charge is -2.01. The summed E-state index contributed by atoms with van der Waals surface area (Å²) in [6.45, 7) is 5.09. The van der Waals surface area contributed by atoms with E-state index in [1.165, 1.54) is 5.69 Å². The smallest absolute Gasteiger partial charge is 0.272 e. The number of anilines is 1. The summed E-state index contributed by atoms with van der Waals surface area (Å²) in [5.74, 6) is 0.836. The Balaban J connectivity index is 0.000001000. The lowest BCUT2D eigenvalue weighted by Crippen LogP contribution is -3.00. The van der Waals surface area contributed by atoms with Gasteiger partial charge >= 0.3 is 0 Å². The van der Waals surface area contributed by atoms with Gasteiger partial charge in [0.15, 0.2) is 0 Å². The third kappa shape index (κ3) is 2.32. The van der Waals surface area contributed by atoms with Crippen molar-refractivity contribution >= 4 is 5.82 Å². The number of nitrogens with two attached hydrogens (primary N) is 1. The van der Waals surface area contributed by atoms with Gasteiger partial charge < -0.3 is 24.0 Å². The molecule has 0 radical (unpaired) electrons. The fourth-order valence-electron chi connectivity index (χ4n) is 1.10. The van der Waals surface area contributed by atoms with Crippen LogP contribution >= 0.6 is 0 Å². The fourth-order valence-corrected chi connectivity index (χ4v) is 1.10. The maximum absolute atomic E-state index is 5.69. The molecule has 1 aromatic rings. The zero-order valence-electron chi connectivity index (χ0n) is 6.84. The fraction of sp³-hybridized carbons (Fsp3) is 0.375. The zero-order valence-corrected chi connectivity index (χ0v) is 9.00. The second kappa shape index (κ2) is 4.54. The van der Waals surface area contributed by atoms with Crippen molar-refractivity contribution in [3.63, 3.8) is 0 Å². The summed E-state index contributed by atoms with van der Waals surface area (Å²) in [6, 6.07) is 5.94. The predicted octanol–water partition coefficient (Wildman–Crippen LogP) is -2.11. The van der Waals surface area contributed by atoms with E-state index >= 15 is 0 Å². The highest BCUT2D eigenvalue weighted by molar-refractivity contribution is 5.20. The summed E-state index contributed by atoms with van der Waals surface area (Å²) in [6.07, 6.45) is 0. The third-order valence-corrected chi connectivity index (χ3v) is 1.66. The second-order valence-electron chi connectivity index (χ2n) is 2.34. The summed E-state index contributed by atoms with van der Waals surface area (Å²) >= 11 is 0. The minimum Gasteiger partial charge on any atom is -1.00 e. The Labute approximate surface area is 84.4 Å². The van der Waals surface area contributed by atoms with Gasteiger partial charge in [-0.25, -0.2) is 4.57 Å². The summed E-state index contributed by atoms with van der Waals surface area (Å²) < 4.78 is 2.07. The van der Waals surface area contributed by atoms with Crippen LogP contribution in [-0.4, -0.2) is 0 Å². The molecule has 0 bridgehead atoms. The first-order valence-corrected chi connectivity index (χ1v) is 3.50. The van der Waals surface area contributed by atoms with E-state index in [2.05, 4.69) is 24.5 Å². The molecule has 1 heterocycles. The van der Waals surface area contributed by atoms with Gasteiger partial charge in [-0.05, 0) is 19.9 Å². The standard InChI is InChI=1S/C8H12N2.HI/c1-3-10-7(2)5-4-6-8(10)9;/h4-6,9H,3H2,1-2H3;1H. The average Bonchev–Trinajstić information content (AvgIpc) is 1.88. The molecule has 0 aromatic carbocycles. The van der Waals surface area contributed by atoms with Gasteiger partial charge in [-0.1, -0.05) is 6.07 Å². The van der Waals surface area contributed by atoms with E-state index in [-0.39, 0.29) is 24.0 Å². The Morgan fingerprint density at radius 2 is 2.09 bits per heavy atom. The number of aryl methyl sites for hydroxylation is 1. The predicted molar refractivity (Wildman–Crippen MR) is 41.5 cm³/mol. The van der Waals surface area contributed by atoms with E-state index in [1.54, 1.807) is 0 Å². The third-order valence-electron chi connectivity index (χ3n) is 1.66. The Bertz CT molecular complexity index is 215. The number of pyridine rings is 1. The van der Waals surface area contributed by atoms with E-state index in [0.717, 1.165) is 12.4 Å². The normalized spacial score (nSPS) is 8.91.